The molecule has 0 aromatic carbocycles. The number of aromatic nitrogens is 2. The maximum absolute atomic E-state index is 11.9. The lowest BCUT2D eigenvalue weighted by atomic mass is 9.96. The quantitative estimate of drug-likeness (QED) is 0.753. The Labute approximate surface area is 107 Å². The molecule has 0 N–H and O–H groups in total. The molecule has 1 fully saturated rings. The average Bonchev–Trinajstić information content (AvgIpc) is 2.84. The van der Waals surface area contributed by atoms with Crippen LogP contribution in [-0.4, -0.2) is 22.7 Å². The van der Waals surface area contributed by atoms with Crippen molar-refractivity contribution in [3.8, 4) is 0 Å². The van der Waals surface area contributed by atoms with Crippen LogP contribution in [0.1, 0.15) is 57.7 Å². The van der Waals surface area contributed by atoms with Gasteiger partial charge in [-0.2, -0.15) is 4.98 Å². The summed E-state index contributed by atoms with van der Waals surface area (Å²) in [5.74, 6) is 1.47. The molecule has 3 atom stereocenters. The van der Waals surface area contributed by atoms with Gasteiger partial charge in [0.25, 0.3) is 0 Å². The van der Waals surface area contributed by atoms with Crippen LogP contribution in [0.2, 0.25) is 0 Å². The van der Waals surface area contributed by atoms with Gasteiger partial charge in [0.2, 0.25) is 5.89 Å². The summed E-state index contributed by atoms with van der Waals surface area (Å²) in [6.07, 6.45) is 1.10. The van der Waals surface area contributed by atoms with Crippen LogP contribution < -0.4 is 0 Å². The van der Waals surface area contributed by atoms with Crippen LogP contribution in [0.15, 0.2) is 4.52 Å². The number of carbonyl (C=O) groups is 1. The van der Waals surface area contributed by atoms with Crippen LogP contribution in [0.25, 0.3) is 0 Å². The summed E-state index contributed by atoms with van der Waals surface area (Å²) in [5.41, 5.74) is 0. The van der Waals surface area contributed by atoms with E-state index in [4.69, 9.17) is 9.26 Å². The monoisotopic (exact) mass is 252 g/mol. The number of nitrogens with zero attached hydrogens (tertiary/aromatic N) is 2. The first kappa shape index (κ1) is 13.1. The predicted octanol–water partition coefficient (Wildman–Crippen LogP) is 2.50. The predicted molar refractivity (Wildman–Crippen MR) is 65.0 cm³/mol. The van der Waals surface area contributed by atoms with Gasteiger partial charge in [0.05, 0.1) is 6.61 Å². The summed E-state index contributed by atoms with van der Waals surface area (Å²) in [5, 5.41) is 3.98. The normalized spacial score (nSPS) is 24.1. The van der Waals surface area contributed by atoms with E-state index in [1.165, 1.54) is 0 Å². The molecule has 1 aromatic heterocycles. The van der Waals surface area contributed by atoms with Crippen LogP contribution in [0.5, 0.6) is 0 Å². The Morgan fingerprint density at radius 3 is 2.72 bits per heavy atom. The molecule has 1 heterocycles. The van der Waals surface area contributed by atoms with Crippen molar-refractivity contribution in [3.63, 3.8) is 0 Å². The Kier molecular flexibility index (Phi) is 3.68. The number of ether oxygens (including phenoxy) is 1. The number of hydrogen-bond donors (Lipinski definition) is 0. The van der Waals surface area contributed by atoms with E-state index in [0.29, 0.717) is 24.3 Å². The van der Waals surface area contributed by atoms with E-state index < -0.39 is 5.92 Å². The second-order valence-electron chi connectivity index (χ2n) is 5.28. The highest BCUT2D eigenvalue weighted by atomic mass is 16.5. The fraction of sp³-hybridized carbons (Fsp3) is 0.769. The van der Waals surface area contributed by atoms with Gasteiger partial charge in [-0.1, -0.05) is 25.9 Å². The Hall–Kier alpha value is -1.39. The first-order valence-corrected chi connectivity index (χ1v) is 6.54. The fourth-order valence-electron chi connectivity index (χ4n) is 2.10. The number of carbonyl (C=O) groups excluding carboxylic acids is 1. The van der Waals surface area contributed by atoms with E-state index in [9.17, 15) is 4.79 Å². The highest BCUT2D eigenvalue weighted by molar-refractivity contribution is 5.77. The van der Waals surface area contributed by atoms with Crippen molar-refractivity contribution in [1.82, 2.24) is 10.1 Å². The summed E-state index contributed by atoms with van der Waals surface area (Å²) in [6.45, 7) is 8.21. The van der Waals surface area contributed by atoms with Crippen LogP contribution in [0, 0.1) is 11.8 Å². The van der Waals surface area contributed by atoms with Gasteiger partial charge < -0.3 is 9.26 Å². The minimum Gasteiger partial charge on any atom is -0.465 e. The summed E-state index contributed by atoms with van der Waals surface area (Å²) in [4.78, 5) is 16.3. The lowest BCUT2D eigenvalue weighted by Crippen LogP contribution is -2.21. The summed E-state index contributed by atoms with van der Waals surface area (Å²) < 4.78 is 10.3. The zero-order chi connectivity index (χ0) is 13.3. The molecule has 0 bridgehead atoms. The molecule has 1 saturated carbocycles. The van der Waals surface area contributed by atoms with Crippen molar-refractivity contribution in [2.24, 2.45) is 11.8 Å². The van der Waals surface area contributed by atoms with Gasteiger partial charge in [0.1, 0.15) is 5.92 Å². The molecule has 0 radical (unpaired) electrons. The number of hydrogen-bond acceptors (Lipinski definition) is 5. The van der Waals surface area contributed by atoms with Gasteiger partial charge in [-0.3, -0.25) is 4.79 Å². The van der Waals surface area contributed by atoms with Crippen molar-refractivity contribution < 1.29 is 14.1 Å². The highest BCUT2D eigenvalue weighted by Gasteiger charge is 2.39. The Bertz CT molecular complexity index is 428. The molecule has 100 valence electrons. The Morgan fingerprint density at radius 1 is 1.56 bits per heavy atom. The van der Waals surface area contributed by atoms with Crippen LogP contribution in [0.4, 0.5) is 0 Å². The fourth-order valence-corrected chi connectivity index (χ4v) is 2.10. The molecule has 2 rings (SSSR count). The van der Waals surface area contributed by atoms with Crippen molar-refractivity contribution in [1.29, 1.82) is 0 Å². The molecule has 18 heavy (non-hydrogen) atoms. The van der Waals surface area contributed by atoms with Crippen LogP contribution in [-0.2, 0) is 9.53 Å². The maximum Gasteiger partial charge on any atom is 0.318 e. The molecule has 5 heteroatoms. The van der Waals surface area contributed by atoms with E-state index >= 15 is 0 Å². The average molecular weight is 252 g/mol. The van der Waals surface area contributed by atoms with Crippen LogP contribution >= 0.6 is 0 Å². The molecule has 1 aliphatic carbocycles. The molecule has 5 nitrogen and oxygen atoms in total. The lowest BCUT2D eigenvalue weighted by Gasteiger charge is -2.14. The van der Waals surface area contributed by atoms with Gasteiger partial charge in [-0.15, -0.1) is 0 Å². The smallest absolute Gasteiger partial charge is 0.318 e. The van der Waals surface area contributed by atoms with E-state index in [0.717, 1.165) is 12.2 Å². The van der Waals surface area contributed by atoms with E-state index in [1.54, 1.807) is 6.92 Å². The molecule has 3 unspecified atom stereocenters. The number of rotatable bonds is 5. The third-order valence-corrected chi connectivity index (χ3v) is 3.37. The Balaban J connectivity index is 2.15. The zero-order valence-corrected chi connectivity index (χ0v) is 11.3. The van der Waals surface area contributed by atoms with E-state index in [1.807, 2.05) is 13.8 Å². The SMILES string of the molecule is CCOC(=O)C(c1nc(C2CC2C)no1)C(C)C. The zero-order valence-electron chi connectivity index (χ0n) is 11.3. The molecular weight excluding hydrogens is 232 g/mol. The van der Waals surface area contributed by atoms with Crippen molar-refractivity contribution in [2.45, 2.75) is 46.0 Å². The summed E-state index contributed by atoms with van der Waals surface area (Å²) >= 11 is 0. The molecule has 0 saturated heterocycles. The third-order valence-electron chi connectivity index (χ3n) is 3.37. The van der Waals surface area contributed by atoms with Crippen molar-refractivity contribution in [3.05, 3.63) is 11.7 Å². The van der Waals surface area contributed by atoms with Crippen molar-refractivity contribution in [2.75, 3.05) is 6.61 Å². The third kappa shape index (κ3) is 2.54. The van der Waals surface area contributed by atoms with E-state index in [2.05, 4.69) is 17.1 Å². The van der Waals surface area contributed by atoms with E-state index in [-0.39, 0.29) is 11.9 Å². The molecule has 1 aromatic rings. The second-order valence-corrected chi connectivity index (χ2v) is 5.28. The molecule has 1 aliphatic rings. The largest absolute Gasteiger partial charge is 0.465 e. The topological polar surface area (TPSA) is 65.2 Å². The molecular formula is C13H20N2O3. The lowest BCUT2D eigenvalue weighted by molar-refractivity contribution is -0.146. The standard InChI is InChI=1S/C13H20N2O3/c1-5-17-13(16)10(7(2)3)12-14-11(15-18-12)9-6-8(9)4/h7-10H,5-6H2,1-4H3. The number of esters is 1. The molecule has 0 amide bonds. The minimum absolute atomic E-state index is 0.0778. The summed E-state index contributed by atoms with van der Waals surface area (Å²) in [6, 6.07) is 0. The van der Waals surface area contributed by atoms with Gasteiger partial charge in [0.15, 0.2) is 5.82 Å². The molecule has 0 spiro atoms. The first-order chi connectivity index (χ1) is 8.54. The van der Waals surface area contributed by atoms with Gasteiger partial charge in [-0.25, -0.2) is 0 Å². The van der Waals surface area contributed by atoms with Gasteiger partial charge >= 0.3 is 5.97 Å². The van der Waals surface area contributed by atoms with Crippen LogP contribution in [0.3, 0.4) is 0 Å². The Morgan fingerprint density at radius 2 is 2.22 bits per heavy atom. The first-order valence-electron chi connectivity index (χ1n) is 6.54. The highest BCUT2D eigenvalue weighted by Crippen LogP contribution is 2.45. The summed E-state index contributed by atoms with van der Waals surface area (Å²) in [7, 11) is 0. The van der Waals surface area contributed by atoms with Gasteiger partial charge in [0, 0.05) is 5.92 Å². The minimum atomic E-state index is -0.458. The van der Waals surface area contributed by atoms with Crippen molar-refractivity contribution >= 4 is 5.97 Å². The molecule has 0 aliphatic heterocycles. The maximum atomic E-state index is 11.9. The van der Waals surface area contributed by atoms with Gasteiger partial charge in [-0.05, 0) is 25.2 Å². The second kappa shape index (κ2) is 5.08.